The molecule has 6 heteroatoms. The van der Waals surface area contributed by atoms with Gasteiger partial charge in [0.1, 0.15) is 5.75 Å². The van der Waals surface area contributed by atoms with E-state index in [-0.39, 0.29) is 11.8 Å². The highest BCUT2D eigenvalue weighted by Gasteiger charge is 2.25. The van der Waals surface area contributed by atoms with Crippen LogP contribution in [0.4, 0.5) is 0 Å². The van der Waals surface area contributed by atoms with Gasteiger partial charge in [-0.25, -0.2) is 0 Å². The molecule has 2 saturated heterocycles. The van der Waals surface area contributed by atoms with Crippen LogP contribution in [0.15, 0.2) is 24.3 Å². The maximum absolute atomic E-state index is 12.6. The van der Waals surface area contributed by atoms with Gasteiger partial charge in [0, 0.05) is 38.2 Å². The summed E-state index contributed by atoms with van der Waals surface area (Å²) in [6, 6.07) is 7.22. The molecule has 1 N–H and O–H groups in total. The fourth-order valence-corrected chi connectivity index (χ4v) is 3.75. The van der Waals surface area contributed by atoms with Crippen molar-refractivity contribution >= 4 is 11.8 Å². The number of benzene rings is 1. The maximum atomic E-state index is 12.6. The molecule has 0 saturated carbocycles. The number of hydrogen-bond donors (Lipinski definition) is 1. The Hall–Kier alpha value is -2.08. The number of amides is 2. The van der Waals surface area contributed by atoms with Crippen molar-refractivity contribution in [1.82, 2.24) is 15.1 Å². The summed E-state index contributed by atoms with van der Waals surface area (Å²) in [7, 11) is 1.60. The summed E-state index contributed by atoms with van der Waals surface area (Å²) in [5, 5.41) is 3.36. The Labute approximate surface area is 155 Å². The molecule has 0 aromatic heterocycles. The van der Waals surface area contributed by atoms with E-state index in [2.05, 4.69) is 5.32 Å². The van der Waals surface area contributed by atoms with Crippen molar-refractivity contribution < 1.29 is 14.3 Å². The van der Waals surface area contributed by atoms with Crippen LogP contribution in [0, 0.1) is 5.92 Å². The monoisotopic (exact) mass is 359 g/mol. The largest absolute Gasteiger partial charge is 0.497 e. The van der Waals surface area contributed by atoms with Gasteiger partial charge in [0.2, 0.25) is 5.91 Å². The Bertz CT molecular complexity index is 620. The van der Waals surface area contributed by atoms with E-state index in [1.807, 2.05) is 21.9 Å². The number of hydrogen-bond acceptors (Lipinski definition) is 4. The van der Waals surface area contributed by atoms with Crippen LogP contribution in [0.1, 0.15) is 36.0 Å². The second-order valence-corrected chi connectivity index (χ2v) is 7.14. The third-order valence-corrected chi connectivity index (χ3v) is 5.46. The molecular weight excluding hydrogens is 330 g/mol. The number of nitrogens with zero attached hydrogens (tertiary/aromatic N) is 2. The van der Waals surface area contributed by atoms with Crippen LogP contribution >= 0.6 is 0 Å². The van der Waals surface area contributed by atoms with Gasteiger partial charge < -0.3 is 19.9 Å². The highest BCUT2D eigenvalue weighted by molar-refractivity contribution is 5.94. The molecule has 2 amide bonds. The second-order valence-electron chi connectivity index (χ2n) is 7.14. The van der Waals surface area contributed by atoms with Crippen molar-refractivity contribution in [3.63, 3.8) is 0 Å². The van der Waals surface area contributed by atoms with E-state index in [1.165, 1.54) is 12.8 Å². The number of methoxy groups -OCH3 is 1. The molecule has 0 radical (unpaired) electrons. The van der Waals surface area contributed by atoms with Crippen LogP contribution in [-0.2, 0) is 4.79 Å². The first-order chi connectivity index (χ1) is 12.7. The minimum atomic E-state index is 0.00528. The smallest absolute Gasteiger partial charge is 0.254 e. The predicted molar refractivity (Wildman–Crippen MR) is 100 cm³/mol. The average Bonchev–Trinajstić information content (AvgIpc) is 2.72. The summed E-state index contributed by atoms with van der Waals surface area (Å²) in [6.45, 7) is 4.58. The molecule has 26 heavy (non-hydrogen) atoms. The average molecular weight is 359 g/mol. The van der Waals surface area contributed by atoms with Gasteiger partial charge in [-0.1, -0.05) is 6.07 Å². The molecule has 0 unspecified atom stereocenters. The van der Waals surface area contributed by atoms with E-state index in [0.29, 0.717) is 49.8 Å². The lowest BCUT2D eigenvalue weighted by Crippen LogP contribution is -2.50. The highest BCUT2D eigenvalue weighted by Crippen LogP contribution is 2.19. The molecule has 3 rings (SSSR count). The Balaban J connectivity index is 1.45. The van der Waals surface area contributed by atoms with Crippen molar-refractivity contribution in [2.24, 2.45) is 5.92 Å². The van der Waals surface area contributed by atoms with E-state index in [9.17, 15) is 9.59 Å². The van der Waals surface area contributed by atoms with E-state index >= 15 is 0 Å². The number of rotatable bonds is 5. The molecule has 2 aliphatic rings. The Kier molecular flexibility index (Phi) is 6.50. The lowest BCUT2D eigenvalue weighted by molar-refractivity contribution is -0.133. The molecule has 2 heterocycles. The Morgan fingerprint density at radius 1 is 1.12 bits per heavy atom. The van der Waals surface area contributed by atoms with E-state index in [1.54, 1.807) is 19.2 Å². The predicted octanol–water partition coefficient (Wildman–Crippen LogP) is 1.76. The minimum Gasteiger partial charge on any atom is -0.497 e. The first-order valence-electron chi connectivity index (χ1n) is 9.59. The quantitative estimate of drug-likeness (QED) is 0.870. The Morgan fingerprint density at radius 3 is 2.50 bits per heavy atom. The lowest BCUT2D eigenvalue weighted by Gasteiger charge is -2.35. The number of carbonyl (C=O) groups excluding carboxylic acids is 2. The van der Waals surface area contributed by atoms with Gasteiger partial charge in [0.25, 0.3) is 5.91 Å². The van der Waals surface area contributed by atoms with Crippen LogP contribution < -0.4 is 10.1 Å². The van der Waals surface area contributed by atoms with E-state index in [0.717, 1.165) is 19.5 Å². The van der Waals surface area contributed by atoms with Crippen molar-refractivity contribution in [2.45, 2.75) is 25.7 Å². The first-order valence-corrected chi connectivity index (χ1v) is 9.59. The summed E-state index contributed by atoms with van der Waals surface area (Å²) < 4.78 is 5.19. The van der Waals surface area contributed by atoms with Gasteiger partial charge in [-0.2, -0.15) is 0 Å². The molecule has 0 spiro atoms. The molecule has 0 bridgehead atoms. The van der Waals surface area contributed by atoms with Crippen LogP contribution in [0.3, 0.4) is 0 Å². The molecule has 2 aliphatic heterocycles. The normalized spacial score (nSPS) is 18.7. The standard InChI is InChI=1S/C20H29N3O3/c1-26-18-4-2-3-17(15-18)20(25)23-13-11-22(12-14-23)19(24)6-5-16-7-9-21-10-8-16/h2-4,15-16,21H,5-14H2,1H3. The number of nitrogens with one attached hydrogen (secondary N) is 1. The molecule has 0 atom stereocenters. The summed E-state index contributed by atoms with van der Waals surface area (Å²) >= 11 is 0. The van der Waals surface area contributed by atoms with Gasteiger partial charge in [0.05, 0.1) is 7.11 Å². The SMILES string of the molecule is COc1cccc(C(=O)N2CCN(C(=O)CCC3CCNCC3)CC2)c1. The lowest BCUT2D eigenvalue weighted by atomic mass is 9.93. The van der Waals surface area contributed by atoms with Crippen LogP contribution in [-0.4, -0.2) is 68.0 Å². The first kappa shape index (κ1) is 18.7. The van der Waals surface area contributed by atoms with Crippen LogP contribution in [0.25, 0.3) is 0 Å². The van der Waals surface area contributed by atoms with Crippen molar-refractivity contribution in [3.05, 3.63) is 29.8 Å². The Morgan fingerprint density at radius 2 is 1.81 bits per heavy atom. The molecule has 0 aliphatic carbocycles. The van der Waals surface area contributed by atoms with Crippen molar-refractivity contribution in [1.29, 1.82) is 0 Å². The van der Waals surface area contributed by atoms with Crippen molar-refractivity contribution in [2.75, 3.05) is 46.4 Å². The maximum Gasteiger partial charge on any atom is 0.254 e. The minimum absolute atomic E-state index is 0.00528. The van der Waals surface area contributed by atoms with Gasteiger partial charge >= 0.3 is 0 Å². The number of ether oxygens (including phenoxy) is 1. The zero-order valence-electron chi connectivity index (χ0n) is 15.6. The van der Waals surface area contributed by atoms with Crippen LogP contribution in [0.2, 0.25) is 0 Å². The zero-order chi connectivity index (χ0) is 18.4. The second kappa shape index (κ2) is 9.03. The fourth-order valence-electron chi connectivity index (χ4n) is 3.75. The zero-order valence-corrected chi connectivity index (χ0v) is 15.6. The highest BCUT2D eigenvalue weighted by atomic mass is 16.5. The van der Waals surface area contributed by atoms with Gasteiger partial charge in [0.15, 0.2) is 0 Å². The number of piperidine rings is 1. The summed E-state index contributed by atoms with van der Waals surface area (Å²) in [5.41, 5.74) is 0.634. The molecule has 1 aromatic rings. The summed E-state index contributed by atoms with van der Waals surface area (Å²) in [4.78, 5) is 28.8. The number of piperazine rings is 1. The van der Waals surface area contributed by atoms with Gasteiger partial charge in [-0.15, -0.1) is 0 Å². The molecule has 6 nitrogen and oxygen atoms in total. The van der Waals surface area contributed by atoms with E-state index in [4.69, 9.17) is 4.74 Å². The topological polar surface area (TPSA) is 61.9 Å². The fraction of sp³-hybridized carbons (Fsp3) is 0.600. The van der Waals surface area contributed by atoms with Gasteiger partial charge in [-0.05, 0) is 56.5 Å². The third kappa shape index (κ3) is 4.75. The molecule has 2 fully saturated rings. The van der Waals surface area contributed by atoms with Crippen LogP contribution in [0.5, 0.6) is 5.75 Å². The summed E-state index contributed by atoms with van der Waals surface area (Å²) in [5.74, 6) is 1.60. The number of carbonyl (C=O) groups is 2. The van der Waals surface area contributed by atoms with Gasteiger partial charge in [-0.3, -0.25) is 9.59 Å². The molecule has 1 aromatic carbocycles. The third-order valence-electron chi connectivity index (χ3n) is 5.46. The molecule has 142 valence electrons. The van der Waals surface area contributed by atoms with E-state index < -0.39 is 0 Å². The summed E-state index contributed by atoms with van der Waals surface area (Å²) in [6.07, 6.45) is 3.98. The van der Waals surface area contributed by atoms with Crippen molar-refractivity contribution in [3.8, 4) is 5.75 Å². The molecular formula is C20H29N3O3.